The minimum atomic E-state index is -2.64. The molecule has 0 aliphatic carbocycles. The topological polar surface area (TPSA) is 49.7 Å². The normalized spacial score (nSPS) is 11.2. The molecule has 6 heteroatoms. The van der Waals surface area contributed by atoms with Gasteiger partial charge in [0.2, 0.25) is 0 Å². The summed E-state index contributed by atoms with van der Waals surface area (Å²) < 4.78 is 25.8. The summed E-state index contributed by atoms with van der Waals surface area (Å²) in [5.41, 5.74) is 0. The van der Waals surface area contributed by atoms with Crippen LogP contribution in [0.1, 0.15) is 0 Å². The number of hydrogen-bond acceptors (Lipinski definition) is 3. The lowest BCUT2D eigenvalue weighted by molar-refractivity contribution is 0.0746. The molecule has 0 bridgehead atoms. The second kappa shape index (κ2) is 4.09. The quantitative estimate of drug-likeness (QED) is 0.569. The van der Waals surface area contributed by atoms with E-state index in [1.54, 1.807) is 0 Å². The number of halogens is 2. The van der Waals surface area contributed by atoms with Crippen molar-refractivity contribution in [2.45, 2.75) is 6.43 Å². The smallest absolute Gasteiger partial charge is 0.327 e. The molecule has 50 valence electrons. The van der Waals surface area contributed by atoms with Gasteiger partial charge in [0.15, 0.2) is 0 Å². The lowest BCUT2D eigenvalue weighted by Crippen LogP contribution is -1.99. The van der Waals surface area contributed by atoms with Crippen LogP contribution in [-0.4, -0.2) is 22.8 Å². The van der Waals surface area contributed by atoms with Crippen LogP contribution in [0.3, 0.4) is 0 Å². The molecular weight excluding hydrogens is 141 g/mol. The Morgan fingerprint density at radius 2 is 2.00 bits per heavy atom. The zero-order valence-electron chi connectivity index (χ0n) is 3.79. The monoisotopic (exact) mass is 146 g/mol. The Bertz CT molecular complexity index is 51.2. The van der Waals surface area contributed by atoms with Crippen molar-refractivity contribution < 1.29 is 23.1 Å². The molecule has 0 unspecified atom stereocenters. The number of rotatable bonds is 3. The van der Waals surface area contributed by atoms with Crippen LogP contribution in [0.15, 0.2) is 0 Å². The van der Waals surface area contributed by atoms with E-state index in [1.807, 2.05) is 0 Å². The van der Waals surface area contributed by atoms with Crippen molar-refractivity contribution in [1.29, 1.82) is 0 Å². The van der Waals surface area contributed by atoms with Crippen LogP contribution >= 0.6 is 8.60 Å². The third kappa shape index (κ3) is 6.17. The fourth-order valence-electron chi connectivity index (χ4n) is 0.123. The van der Waals surface area contributed by atoms with Crippen molar-refractivity contribution in [2.24, 2.45) is 0 Å². The summed E-state index contributed by atoms with van der Waals surface area (Å²) in [7, 11) is -2.61. The molecule has 0 spiro atoms. The molecule has 0 fully saturated rings. The number of alkyl halides is 2. The zero-order valence-corrected chi connectivity index (χ0v) is 4.68. The molecule has 0 aliphatic heterocycles. The molecule has 0 aromatic rings. The van der Waals surface area contributed by atoms with Gasteiger partial charge in [-0.15, -0.1) is 0 Å². The first kappa shape index (κ1) is 8.17. The Balaban J connectivity index is 2.93. The van der Waals surface area contributed by atoms with Gasteiger partial charge in [-0.3, -0.25) is 0 Å². The van der Waals surface area contributed by atoms with Crippen LogP contribution < -0.4 is 0 Å². The van der Waals surface area contributed by atoms with Crippen LogP contribution in [-0.2, 0) is 4.52 Å². The van der Waals surface area contributed by atoms with Crippen molar-refractivity contribution in [3.63, 3.8) is 0 Å². The van der Waals surface area contributed by atoms with E-state index in [1.165, 1.54) is 0 Å². The number of hydrogen-bond donors (Lipinski definition) is 2. The zero-order chi connectivity index (χ0) is 6.57. The SMILES string of the molecule is OP(O)OCC(F)F. The predicted molar refractivity (Wildman–Crippen MR) is 23.3 cm³/mol. The van der Waals surface area contributed by atoms with E-state index >= 15 is 0 Å². The third-order valence-corrected chi connectivity index (χ3v) is 0.696. The van der Waals surface area contributed by atoms with Gasteiger partial charge in [-0.1, -0.05) is 0 Å². The average molecular weight is 146 g/mol. The van der Waals surface area contributed by atoms with Crippen LogP contribution in [0, 0.1) is 0 Å². The van der Waals surface area contributed by atoms with Gasteiger partial charge in [0.05, 0.1) is 0 Å². The lowest BCUT2D eigenvalue weighted by atomic mass is 10.8. The summed E-state index contributed by atoms with van der Waals surface area (Å²) in [6.45, 7) is -0.918. The summed E-state index contributed by atoms with van der Waals surface area (Å²) >= 11 is 0. The molecule has 0 aliphatic rings. The molecule has 0 aromatic heterocycles. The van der Waals surface area contributed by atoms with E-state index in [4.69, 9.17) is 9.79 Å². The van der Waals surface area contributed by atoms with E-state index in [0.29, 0.717) is 0 Å². The van der Waals surface area contributed by atoms with E-state index in [9.17, 15) is 8.78 Å². The maximum atomic E-state index is 11.1. The van der Waals surface area contributed by atoms with Crippen LogP contribution in [0.5, 0.6) is 0 Å². The summed E-state index contributed by atoms with van der Waals surface area (Å²) in [4.78, 5) is 15.7. The van der Waals surface area contributed by atoms with Gasteiger partial charge in [-0.05, 0) is 0 Å². The lowest BCUT2D eigenvalue weighted by Gasteiger charge is -2.00. The molecule has 0 heterocycles. The highest BCUT2D eigenvalue weighted by Crippen LogP contribution is 2.24. The summed E-state index contributed by atoms with van der Waals surface area (Å²) in [6, 6.07) is 0. The summed E-state index contributed by atoms with van der Waals surface area (Å²) in [5.74, 6) is 0. The van der Waals surface area contributed by atoms with Gasteiger partial charge < -0.3 is 14.3 Å². The standard InChI is InChI=1S/C2H5F2O3P/c3-2(4)1-7-8(5)6/h2,5-6H,1H2. The van der Waals surface area contributed by atoms with E-state index in [-0.39, 0.29) is 0 Å². The minimum absolute atomic E-state index is 0.918. The van der Waals surface area contributed by atoms with Gasteiger partial charge in [0.25, 0.3) is 6.43 Å². The van der Waals surface area contributed by atoms with E-state index in [0.717, 1.165) is 0 Å². The molecule has 0 rings (SSSR count). The molecule has 0 amide bonds. The first-order valence-corrected chi connectivity index (χ1v) is 2.88. The molecule has 0 aromatic carbocycles. The van der Waals surface area contributed by atoms with Crippen molar-refractivity contribution in [3.05, 3.63) is 0 Å². The van der Waals surface area contributed by atoms with E-state index < -0.39 is 21.6 Å². The largest absolute Gasteiger partial charge is 0.328 e. The fourth-order valence-corrected chi connectivity index (χ4v) is 0.369. The van der Waals surface area contributed by atoms with Gasteiger partial charge in [-0.2, -0.15) is 0 Å². The van der Waals surface area contributed by atoms with Gasteiger partial charge in [0.1, 0.15) is 6.61 Å². The Morgan fingerprint density at radius 1 is 1.50 bits per heavy atom. The van der Waals surface area contributed by atoms with Crippen LogP contribution in [0.2, 0.25) is 0 Å². The third-order valence-electron chi connectivity index (χ3n) is 0.316. The second-order valence-corrected chi connectivity index (χ2v) is 1.70. The fraction of sp³-hybridized carbons (Fsp3) is 1.00. The Morgan fingerprint density at radius 3 is 2.12 bits per heavy atom. The van der Waals surface area contributed by atoms with Crippen molar-refractivity contribution in [2.75, 3.05) is 6.61 Å². The molecule has 0 saturated carbocycles. The Kier molecular flexibility index (Phi) is 4.18. The van der Waals surface area contributed by atoms with Gasteiger partial charge in [-0.25, -0.2) is 8.78 Å². The minimum Gasteiger partial charge on any atom is -0.328 e. The molecule has 0 atom stereocenters. The highest BCUT2D eigenvalue weighted by atomic mass is 31.2. The maximum Gasteiger partial charge on any atom is 0.327 e. The highest BCUT2D eigenvalue weighted by Gasteiger charge is 2.05. The predicted octanol–water partition coefficient (Wildman–Crippen LogP) is 0.480. The summed E-state index contributed by atoms with van der Waals surface area (Å²) in [6.07, 6.45) is -2.64. The Labute approximate surface area is 45.9 Å². The highest BCUT2D eigenvalue weighted by molar-refractivity contribution is 7.39. The average Bonchev–Trinajstić information content (AvgIpc) is 1.61. The first-order chi connectivity index (χ1) is 3.63. The van der Waals surface area contributed by atoms with E-state index in [2.05, 4.69) is 4.52 Å². The van der Waals surface area contributed by atoms with Gasteiger partial charge >= 0.3 is 8.60 Å². The van der Waals surface area contributed by atoms with Crippen molar-refractivity contribution >= 4 is 8.60 Å². The molecule has 0 saturated heterocycles. The van der Waals surface area contributed by atoms with Crippen molar-refractivity contribution in [3.8, 4) is 0 Å². The molecule has 2 N–H and O–H groups in total. The molecule has 3 nitrogen and oxygen atoms in total. The van der Waals surface area contributed by atoms with Gasteiger partial charge in [0, 0.05) is 0 Å². The summed E-state index contributed by atoms with van der Waals surface area (Å²) in [5, 5.41) is 0. The second-order valence-electron chi connectivity index (χ2n) is 0.940. The molecule has 0 radical (unpaired) electrons. The Hall–Kier alpha value is 0.170. The first-order valence-electron chi connectivity index (χ1n) is 1.72. The van der Waals surface area contributed by atoms with Crippen LogP contribution in [0.25, 0.3) is 0 Å². The molecular formula is C2H5F2O3P. The maximum absolute atomic E-state index is 11.1. The molecule has 8 heavy (non-hydrogen) atoms. The van der Waals surface area contributed by atoms with Crippen molar-refractivity contribution in [1.82, 2.24) is 0 Å². The van der Waals surface area contributed by atoms with Crippen LogP contribution in [0.4, 0.5) is 8.78 Å².